The number of carbonyl (C=O) groups is 1. The number of hydrogen-bond acceptors (Lipinski definition) is 4. The smallest absolute Gasteiger partial charge is 0.285 e. The van der Waals surface area contributed by atoms with Crippen LogP contribution in [0.3, 0.4) is 0 Å². The number of benzene rings is 1. The zero-order valence-corrected chi connectivity index (χ0v) is 7.94. The van der Waals surface area contributed by atoms with Crippen LogP contribution in [0, 0.1) is 10.1 Å². The zero-order chi connectivity index (χ0) is 9.84. The molecule has 14 heavy (non-hydrogen) atoms. The van der Waals surface area contributed by atoms with E-state index in [0.717, 1.165) is 0 Å². The molecule has 0 bridgehead atoms. The second-order valence-corrected chi connectivity index (χ2v) is 2.46. The van der Waals surface area contributed by atoms with E-state index >= 15 is 0 Å². The average Bonchev–Trinajstić information content (AvgIpc) is 2.17. The van der Waals surface area contributed by atoms with Gasteiger partial charge in [0.2, 0.25) is 0 Å². The molecule has 0 spiro atoms. The Morgan fingerprint density at radius 2 is 1.86 bits per heavy atom. The number of hydrogen-bond donors (Lipinski definition) is 1. The molecule has 0 aliphatic rings. The summed E-state index contributed by atoms with van der Waals surface area (Å²) in [4.78, 5) is 20.6. The molecule has 0 heterocycles. The molecule has 0 aliphatic carbocycles. The van der Waals surface area contributed by atoms with Gasteiger partial charge in [0, 0.05) is 10.5 Å². The van der Waals surface area contributed by atoms with Crippen LogP contribution in [0.25, 0.3) is 0 Å². The largest absolute Gasteiger partial charge is 0.326 e. The number of nitro groups is 1. The van der Waals surface area contributed by atoms with Crippen molar-refractivity contribution >= 4 is 18.2 Å². The highest BCUT2D eigenvalue weighted by molar-refractivity contribution is 5.98. The SMILES string of the molecule is Cl.NC(C(=O)c1ccccc1)[N+](=O)[O-]. The molecule has 2 N–H and O–H groups in total. The first-order chi connectivity index (χ1) is 6.13. The lowest BCUT2D eigenvalue weighted by Gasteiger charge is -2.01. The molecule has 0 aliphatic heterocycles. The summed E-state index contributed by atoms with van der Waals surface area (Å²) in [5, 5.41) is 10.2. The second-order valence-electron chi connectivity index (χ2n) is 2.46. The third-order valence-electron chi connectivity index (χ3n) is 1.55. The van der Waals surface area contributed by atoms with Crippen LogP contribution in [-0.4, -0.2) is 16.9 Å². The van der Waals surface area contributed by atoms with Crippen molar-refractivity contribution in [1.82, 2.24) is 0 Å². The summed E-state index contributed by atoms with van der Waals surface area (Å²) < 4.78 is 0. The fraction of sp³-hybridized carbons (Fsp3) is 0.125. The lowest BCUT2D eigenvalue weighted by atomic mass is 10.1. The molecule has 1 unspecified atom stereocenters. The quantitative estimate of drug-likeness (QED) is 0.351. The summed E-state index contributed by atoms with van der Waals surface area (Å²) in [6.45, 7) is 0. The standard InChI is InChI=1S/C8H8N2O3.ClH/c9-8(10(12)13)7(11)6-4-2-1-3-5-6;/h1-5,8H,9H2;1H. The molecule has 0 saturated carbocycles. The van der Waals surface area contributed by atoms with Crippen LogP contribution < -0.4 is 5.73 Å². The molecule has 0 radical (unpaired) electrons. The molecule has 5 nitrogen and oxygen atoms in total. The molecule has 76 valence electrons. The van der Waals surface area contributed by atoms with E-state index in [-0.39, 0.29) is 18.0 Å². The van der Waals surface area contributed by atoms with Crippen molar-refractivity contribution in [3.8, 4) is 0 Å². The molecule has 1 rings (SSSR count). The number of nitrogens with two attached hydrogens (primary N) is 1. The Bertz CT molecular complexity index is 329. The highest BCUT2D eigenvalue weighted by Crippen LogP contribution is 2.02. The van der Waals surface area contributed by atoms with Crippen molar-refractivity contribution < 1.29 is 9.72 Å². The number of ketones is 1. The third kappa shape index (κ3) is 2.79. The Hall–Kier alpha value is -1.46. The van der Waals surface area contributed by atoms with Crippen molar-refractivity contribution in [2.24, 2.45) is 5.73 Å². The number of halogens is 1. The van der Waals surface area contributed by atoms with Crippen molar-refractivity contribution in [1.29, 1.82) is 0 Å². The highest BCUT2D eigenvalue weighted by Gasteiger charge is 2.24. The van der Waals surface area contributed by atoms with E-state index < -0.39 is 16.9 Å². The first-order valence-corrected chi connectivity index (χ1v) is 3.61. The van der Waals surface area contributed by atoms with Crippen LogP contribution in [0.2, 0.25) is 0 Å². The van der Waals surface area contributed by atoms with Crippen molar-refractivity contribution in [2.45, 2.75) is 6.17 Å². The predicted molar refractivity (Wildman–Crippen MR) is 53.0 cm³/mol. The molecule has 0 aromatic heterocycles. The Morgan fingerprint density at radius 1 is 1.36 bits per heavy atom. The number of nitrogens with zero attached hydrogens (tertiary/aromatic N) is 1. The Morgan fingerprint density at radius 3 is 2.29 bits per heavy atom. The van der Waals surface area contributed by atoms with Crippen LogP contribution in [-0.2, 0) is 0 Å². The normalized spacial score (nSPS) is 11.2. The summed E-state index contributed by atoms with van der Waals surface area (Å²) in [7, 11) is 0. The van der Waals surface area contributed by atoms with Gasteiger partial charge in [-0.3, -0.25) is 20.6 Å². The second kappa shape index (κ2) is 5.31. The highest BCUT2D eigenvalue weighted by atomic mass is 35.5. The molecule has 0 saturated heterocycles. The fourth-order valence-corrected chi connectivity index (χ4v) is 0.869. The average molecular weight is 217 g/mol. The molecule has 6 heteroatoms. The van der Waals surface area contributed by atoms with Gasteiger partial charge in [-0.1, -0.05) is 30.3 Å². The van der Waals surface area contributed by atoms with Gasteiger partial charge in [-0.15, -0.1) is 12.4 Å². The summed E-state index contributed by atoms with van der Waals surface area (Å²) in [6.07, 6.45) is -1.66. The summed E-state index contributed by atoms with van der Waals surface area (Å²) in [6, 6.07) is 7.95. The van der Waals surface area contributed by atoms with E-state index in [2.05, 4.69) is 0 Å². The van der Waals surface area contributed by atoms with Gasteiger partial charge < -0.3 is 0 Å². The van der Waals surface area contributed by atoms with E-state index in [9.17, 15) is 14.9 Å². The van der Waals surface area contributed by atoms with Crippen LogP contribution in [0.15, 0.2) is 30.3 Å². The van der Waals surface area contributed by atoms with Crippen molar-refractivity contribution in [3.05, 3.63) is 46.0 Å². The Labute approximate surface area is 86.5 Å². The van der Waals surface area contributed by atoms with Crippen LogP contribution in [0.1, 0.15) is 10.4 Å². The van der Waals surface area contributed by atoms with Gasteiger partial charge >= 0.3 is 6.17 Å². The minimum atomic E-state index is -1.66. The number of carbonyl (C=O) groups excluding carboxylic acids is 1. The van der Waals surface area contributed by atoms with Gasteiger partial charge in [0.15, 0.2) is 0 Å². The van der Waals surface area contributed by atoms with Crippen molar-refractivity contribution in [3.63, 3.8) is 0 Å². The van der Waals surface area contributed by atoms with E-state index in [1.165, 1.54) is 12.1 Å². The van der Waals surface area contributed by atoms with Gasteiger partial charge in [-0.2, -0.15) is 0 Å². The minimum Gasteiger partial charge on any atom is -0.285 e. The van der Waals surface area contributed by atoms with Gasteiger partial charge in [0.1, 0.15) is 0 Å². The van der Waals surface area contributed by atoms with Gasteiger partial charge in [0.05, 0.1) is 0 Å². The zero-order valence-electron chi connectivity index (χ0n) is 7.12. The molecule has 1 aromatic rings. The lowest BCUT2D eigenvalue weighted by molar-refractivity contribution is -0.503. The molecule has 1 atom stereocenters. The molecular formula is C8H9ClN2O3. The van der Waals surface area contributed by atoms with E-state index in [1.54, 1.807) is 18.2 Å². The minimum absolute atomic E-state index is 0. The van der Waals surface area contributed by atoms with Crippen LogP contribution >= 0.6 is 12.4 Å². The number of Topliss-reactive ketones (excluding diaryl/α,β-unsaturated/α-hetero) is 1. The molecule has 1 aromatic carbocycles. The van der Waals surface area contributed by atoms with Crippen LogP contribution in [0.4, 0.5) is 0 Å². The Balaban J connectivity index is 0.00000169. The van der Waals surface area contributed by atoms with Gasteiger partial charge in [-0.05, 0) is 0 Å². The third-order valence-corrected chi connectivity index (χ3v) is 1.55. The lowest BCUT2D eigenvalue weighted by Crippen LogP contribution is -2.38. The molecular weight excluding hydrogens is 208 g/mol. The van der Waals surface area contributed by atoms with Gasteiger partial charge in [-0.25, -0.2) is 0 Å². The summed E-state index contributed by atoms with van der Waals surface area (Å²) in [5.41, 5.74) is 5.30. The maximum absolute atomic E-state index is 11.2. The maximum Gasteiger partial charge on any atom is 0.326 e. The van der Waals surface area contributed by atoms with Crippen molar-refractivity contribution in [2.75, 3.05) is 0 Å². The fourth-order valence-electron chi connectivity index (χ4n) is 0.869. The first kappa shape index (κ1) is 12.5. The molecule has 0 fully saturated rings. The summed E-state index contributed by atoms with van der Waals surface area (Å²) >= 11 is 0. The Kier molecular flexibility index (Phi) is 4.76. The predicted octanol–water partition coefficient (Wildman–Crippen LogP) is 0.853. The van der Waals surface area contributed by atoms with Gasteiger partial charge in [0.25, 0.3) is 5.78 Å². The van der Waals surface area contributed by atoms with E-state index in [0.29, 0.717) is 0 Å². The summed E-state index contributed by atoms with van der Waals surface area (Å²) in [5.74, 6) is -0.675. The van der Waals surface area contributed by atoms with E-state index in [4.69, 9.17) is 5.73 Å². The molecule has 0 amide bonds. The first-order valence-electron chi connectivity index (χ1n) is 3.61. The number of rotatable bonds is 3. The monoisotopic (exact) mass is 216 g/mol. The van der Waals surface area contributed by atoms with E-state index in [1.807, 2.05) is 0 Å². The maximum atomic E-state index is 11.2. The van der Waals surface area contributed by atoms with Crippen LogP contribution in [0.5, 0.6) is 0 Å². The topological polar surface area (TPSA) is 86.2 Å².